The molecule has 2 heteroatoms. The van der Waals surface area contributed by atoms with Gasteiger partial charge in [0.05, 0.1) is 0 Å². The molecule has 0 saturated heterocycles. The molecule has 2 nitrogen and oxygen atoms in total. The molecule has 0 aromatic heterocycles. The van der Waals surface area contributed by atoms with Crippen LogP contribution in [0.5, 0.6) is 11.5 Å². The quantitative estimate of drug-likeness (QED) is 0.703. The first kappa shape index (κ1) is 15.2. The highest BCUT2D eigenvalue weighted by Gasteiger charge is 2.11. The molecule has 0 radical (unpaired) electrons. The molecule has 0 fully saturated rings. The van der Waals surface area contributed by atoms with E-state index in [4.69, 9.17) is 0 Å². The van der Waals surface area contributed by atoms with Crippen LogP contribution in [0.1, 0.15) is 24.0 Å². The second-order valence-corrected chi connectivity index (χ2v) is 5.90. The number of benzene rings is 3. The number of aromatic hydroxyl groups is 2. The smallest absolute Gasteiger partial charge is 0.115 e. The lowest BCUT2D eigenvalue weighted by molar-refractivity contribution is 0.474. The number of phenols is 2. The summed E-state index contributed by atoms with van der Waals surface area (Å²) in [6.07, 6.45) is 0.918. The van der Waals surface area contributed by atoms with Gasteiger partial charge in [-0.05, 0) is 58.9 Å². The Morgan fingerprint density at radius 3 is 1.96 bits per heavy atom. The van der Waals surface area contributed by atoms with E-state index in [0.29, 0.717) is 11.7 Å². The zero-order valence-corrected chi connectivity index (χ0v) is 13.1. The highest BCUT2D eigenvalue weighted by Crippen LogP contribution is 2.30. The van der Waals surface area contributed by atoms with E-state index in [1.165, 1.54) is 16.7 Å². The van der Waals surface area contributed by atoms with Crippen LogP contribution in [0.4, 0.5) is 0 Å². The van der Waals surface area contributed by atoms with Gasteiger partial charge in [-0.3, -0.25) is 0 Å². The molecule has 0 bridgehead atoms. The van der Waals surface area contributed by atoms with E-state index in [-0.39, 0.29) is 5.75 Å². The van der Waals surface area contributed by atoms with Crippen molar-refractivity contribution in [3.8, 4) is 22.6 Å². The molecule has 0 saturated carbocycles. The average molecular weight is 304 g/mol. The number of rotatable bonds is 4. The van der Waals surface area contributed by atoms with Crippen molar-refractivity contribution in [3.63, 3.8) is 0 Å². The van der Waals surface area contributed by atoms with Crippen molar-refractivity contribution in [2.45, 2.75) is 19.3 Å². The summed E-state index contributed by atoms with van der Waals surface area (Å²) >= 11 is 0. The van der Waals surface area contributed by atoms with E-state index in [0.717, 1.165) is 12.0 Å². The average Bonchev–Trinajstić information content (AvgIpc) is 2.57. The molecule has 0 amide bonds. The molecule has 1 atom stereocenters. The second-order valence-electron chi connectivity index (χ2n) is 5.90. The second kappa shape index (κ2) is 6.57. The molecule has 3 aromatic rings. The van der Waals surface area contributed by atoms with E-state index < -0.39 is 0 Å². The van der Waals surface area contributed by atoms with Crippen molar-refractivity contribution in [1.82, 2.24) is 0 Å². The molecule has 0 aliphatic heterocycles. The van der Waals surface area contributed by atoms with Gasteiger partial charge in [-0.1, -0.05) is 55.5 Å². The van der Waals surface area contributed by atoms with Gasteiger partial charge in [0.2, 0.25) is 0 Å². The molecule has 2 N–H and O–H groups in total. The summed E-state index contributed by atoms with van der Waals surface area (Å²) < 4.78 is 0. The molecule has 116 valence electrons. The summed E-state index contributed by atoms with van der Waals surface area (Å²) in [4.78, 5) is 0. The third kappa shape index (κ3) is 3.54. The molecule has 23 heavy (non-hydrogen) atoms. The third-order valence-corrected chi connectivity index (χ3v) is 4.18. The molecular formula is C21H20O2. The van der Waals surface area contributed by atoms with Crippen LogP contribution in [-0.2, 0) is 6.42 Å². The SMILES string of the molecule is CC(Cc1ccccc1-c1ccc(O)cc1)c1ccc(O)cc1. The summed E-state index contributed by atoms with van der Waals surface area (Å²) in [5.41, 5.74) is 4.79. The van der Waals surface area contributed by atoms with E-state index in [2.05, 4.69) is 25.1 Å². The van der Waals surface area contributed by atoms with Crippen LogP contribution in [0.15, 0.2) is 72.8 Å². The van der Waals surface area contributed by atoms with Crippen LogP contribution < -0.4 is 0 Å². The van der Waals surface area contributed by atoms with Gasteiger partial charge in [0.25, 0.3) is 0 Å². The minimum Gasteiger partial charge on any atom is -0.508 e. The fourth-order valence-corrected chi connectivity index (χ4v) is 2.87. The maximum Gasteiger partial charge on any atom is 0.115 e. The lowest BCUT2D eigenvalue weighted by Crippen LogP contribution is -2.00. The normalized spacial score (nSPS) is 12.0. The number of phenolic OH excluding ortho intramolecular Hbond substituents is 2. The van der Waals surface area contributed by atoms with Gasteiger partial charge >= 0.3 is 0 Å². The molecular weight excluding hydrogens is 284 g/mol. The van der Waals surface area contributed by atoms with Gasteiger partial charge in [-0.15, -0.1) is 0 Å². The summed E-state index contributed by atoms with van der Waals surface area (Å²) in [5, 5.41) is 18.9. The lowest BCUT2D eigenvalue weighted by Gasteiger charge is -2.15. The first-order valence-corrected chi connectivity index (χ1v) is 7.80. The van der Waals surface area contributed by atoms with Crippen molar-refractivity contribution < 1.29 is 10.2 Å². The molecule has 0 heterocycles. The molecule has 3 rings (SSSR count). The Labute approximate surface area is 136 Å². The zero-order chi connectivity index (χ0) is 16.2. The van der Waals surface area contributed by atoms with Crippen LogP contribution in [-0.4, -0.2) is 10.2 Å². The molecule has 3 aromatic carbocycles. The fourth-order valence-electron chi connectivity index (χ4n) is 2.87. The van der Waals surface area contributed by atoms with E-state index >= 15 is 0 Å². The Morgan fingerprint density at radius 2 is 1.30 bits per heavy atom. The zero-order valence-electron chi connectivity index (χ0n) is 13.1. The predicted octanol–water partition coefficient (Wildman–Crippen LogP) is 5.11. The van der Waals surface area contributed by atoms with Crippen molar-refractivity contribution in [3.05, 3.63) is 83.9 Å². The van der Waals surface area contributed by atoms with Gasteiger partial charge < -0.3 is 10.2 Å². The van der Waals surface area contributed by atoms with Gasteiger partial charge in [0.15, 0.2) is 0 Å². The Balaban J connectivity index is 1.88. The minimum atomic E-state index is 0.281. The van der Waals surface area contributed by atoms with Gasteiger partial charge in [-0.25, -0.2) is 0 Å². The van der Waals surface area contributed by atoms with Crippen LogP contribution in [0.25, 0.3) is 11.1 Å². The largest absolute Gasteiger partial charge is 0.508 e. The third-order valence-electron chi connectivity index (χ3n) is 4.18. The Hall–Kier alpha value is -2.74. The highest BCUT2D eigenvalue weighted by atomic mass is 16.3. The predicted molar refractivity (Wildman–Crippen MR) is 93.8 cm³/mol. The number of hydrogen-bond acceptors (Lipinski definition) is 2. The topological polar surface area (TPSA) is 40.5 Å². The van der Waals surface area contributed by atoms with E-state index in [1.54, 1.807) is 24.3 Å². The maximum atomic E-state index is 9.47. The lowest BCUT2D eigenvalue weighted by atomic mass is 9.89. The molecule has 1 unspecified atom stereocenters. The summed E-state index contributed by atoms with van der Waals surface area (Å²) in [7, 11) is 0. The van der Waals surface area contributed by atoms with E-state index in [1.807, 2.05) is 30.3 Å². The van der Waals surface area contributed by atoms with E-state index in [9.17, 15) is 10.2 Å². The van der Waals surface area contributed by atoms with Crippen LogP contribution >= 0.6 is 0 Å². The van der Waals surface area contributed by atoms with Gasteiger partial charge in [-0.2, -0.15) is 0 Å². The van der Waals surface area contributed by atoms with Crippen LogP contribution in [0, 0.1) is 0 Å². The fraction of sp³-hybridized carbons (Fsp3) is 0.143. The highest BCUT2D eigenvalue weighted by molar-refractivity contribution is 5.68. The first-order chi connectivity index (χ1) is 11.1. The van der Waals surface area contributed by atoms with Crippen molar-refractivity contribution in [1.29, 1.82) is 0 Å². The van der Waals surface area contributed by atoms with Crippen molar-refractivity contribution >= 4 is 0 Å². The summed E-state index contributed by atoms with van der Waals surface area (Å²) in [6, 6.07) is 23.1. The van der Waals surface area contributed by atoms with Gasteiger partial charge in [0.1, 0.15) is 11.5 Å². The first-order valence-electron chi connectivity index (χ1n) is 7.80. The van der Waals surface area contributed by atoms with Gasteiger partial charge in [0, 0.05) is 0 Å². The molecule has 0 aliphatic carbocycles. The summed E-state index contributed by atoms with van der Waals surface area (Å²) in [6.45, 7) is 2.19. The van der Waals surface area contributed by atoms with Crippen LogP contribution in [0.2, 0.25) is 0 Å². The standard InChI is InChI=1S/C21H20O2/c1-15(16-6-10-19(22)11-7-16)14-18-4-2-3-5-21(18)17-8-12-20(23)13-9-17/h2-13,15,22-23H,14H2,1H3. The summed E-state index contributed by atoms with van der Waals surface area (Å²) in [5.74, 6) is 0.933. The molecule has 0 aliphatic rings. The Bertz CT molecular complexity index is 774. The monoisotopic (exact) mass is 304 g/mol. The van der Waals surface area contributed by atoms with Crippen molar-refractivity contribution in [2.24, 2.45) is 0 Å². The van der Waals surface area contributed by atoms with Crippen molar-refractivity contribution in [2.75, 3.05) is 0 Å². The minimum absolute atomic E-state index is 0.281. The maximum absolute atomic E-state index is 9.47. The van der Waals surface area contributed by atoms with Crippen LogP contribution in [0.3, 0.4) is 0 Å². The molecule has 0 spiro atoms. The number of hydrogen-bond donors (Lipinski definition) is 2. The Kier molecular flexibility index (Phi) is 4.33. The Morgan fingerprint density at radius 1 is 0.739 bits per heavy atom.